The topological polar surface area (TPSA) is 0 Å². The molecule has 178 valence electrons. The highest BCUT2D eigenvalue weighted by molar-refractivity contribution is 6.30. The summed E-state index contributed by atoms with van der Waals surface area (Å²) in [5.74, 6) is 0. The minimum absolute atomic E-state index is 0.452. The second-order valence-electron chi connectivity index (χ2n) is 10.2. The number of rotatable bonds is 1. The van der Waals surface area contributed by atoms with E-state index in [-0.39, 0.29) is 0 Å². The monoisotopic (exact) mass is 502 g/mol. The fourth-order valence-corrected chi connectivity index (χ4v) is 7.09. The molecule has 0 saturated heterocycles. The third-order valence-electron chi connectivity index (χ3n) is 8.37. The van der Waals surface area contributed by atoms with Gasteiger partial charge in [0.1, 0.15) is 0 Å². The van der Waals surface area contributed by atoms with Crippen molar-refractivity contribution in [3.63, 3.8) is 0 Å². The normalized spacial score (nSPS) is 13.6. The van der Waals surface area contributed by atoms with Gasteiger partial charge in [0.25, 0.3) is 0 Å². The Morgan fingerprint density at radius 1 is 0.342 bits per heavy atom. The first-order valence-electron chi connectivity index (χ1n) is 13.1. The van der Waals surface area contributed by atoms with Gasteiger partial charge >= 0.3 is 0 Å². The molecule has 0 radical (unpaired) electrons. The average molecular weight is 503 g/mol. The Balaban J connectivity index is 1.60. The average Bonchev–Trinajstić information content (AvgIpc) is 3.22. The molecule has 0 nitrogen and oxygen atoms in total. The van der Waals surface area contributed by atoms with Gasteiger partial charge in [0.15, 0.2) is 0 Å². The maximum absolute atomic E-state index is 6.45. The lowest BCUT2D eigenvalue weighted by atomic mass is 9.65. The van der Waals surface area contributed by atoms with Crippen molar-refractivity contribution in [2.24, 2.45) is 0 Å². The van der Waals surface area contributed by atoms with Crippen molar-refractivity contribution in [1.29, 1.82) is 0 Å². The molecule has 1 spiro atoms. The van der Waals surface area contributed by atoms with Crippen LogP contribution < -0.4 is 0 Å². The molecule has 0 unspecified atom stereocenters. The van der Waals surface area contributed by atoms with Crippen molar-refractivity contribution in [3.05, 3.63) is 167 Å². The second-order valence-corrected chi connectivity index (χ2v) is 10.6. The molecule has 0 amide bonds. The first-order valence-corrected chi connectivity index (χ1v) is 13.4. The minimum Gasteiger partial charge on any atom is -0.0843 e. The molecule has 0 bridgehead atoms. The van der Waals surface area contributed by atoms with E-state index >= 15 is 0 Å². The molecule has 38 heavy (non-hydrogen) atoms. The van der Waals surface area contributed by atoms with Crippen LogP contribution in [0.2, 0.25) is 5.02 Å². The van der Waals surface area contributed by atoms with Gasteiger partial charge in [-0.2, -0.15) is 0 Å². The Kier molecular flexibility index (Phi) is 4.59. The maximum atomic E-state index is 6.45. The highest BCUT2D eigenvalue weighted by Crippen LogP contribution is 2.61. The van der Waals surface area contributed by atoms with Gasteiger partial charge in [-0.25, -0.2) is 0 Å². The van der Waals surface area contributed by atoms with Gasteiger partial charge in [0, 0.05) is 5.02 Å². The van der Waals surface area contributed by atoms with E-state index in [0.29, 0.717) is 0 Å². The minimum atomic E-state index is -0.452. The Morgan fingerprint density at radius 3 is 1.34 bits per heavy atom. The van der Waals surface area contributed by atoms with Crippen molar-refractivity contribution in [3.8, 4) is 44.5 Å². The van der Waals surface area contributed by atoms with Crippen LogP contribution in [0.4, 0.5) is 0 Å². The van der Waals surface area contributed by atoms with Crippen LogP contribution in [0.15, 0.2) is 140 Å². The van der Waals surface area contributed by atoms with Gasteiger partial charge in [0.2, 0.25) is 0 Å². The molecule has 8 rings (SSSR count). The van der Waals surface area contributed by atoms with Gasteiger partial charge in [-0.05, 0) is 85.0 Å². The highest BCUT2D eigenvalue weighted by atomic mass is 35.5. The lowest BCUT2D eigenvalue weighted by Gasteiger charge is -2.35. The molecule has 0 heterocycles. The van der Waals surface area contributed by atoms with Gasteiger partial charge in [0.05, 0.1) is 5.41 Å². The predicted octanol–water partition coefficient (Wildman–Crippen LogP) is 10.0. The molecular weight excluding hydrogens is 480 g/mol. The summed E-state index contributed by atoms with van der Waals surface area (Å²) in [5, 5.41) is 0.749. The number of halogens is 1. The van der Waals surface area contributed by atoms with Crippen LogP contribution in [0.25, 0.3) is 44.5 Å². The molecule has 0 N–H and O–H groups in total. The molecule has 6 aromatic carbocycles. The van der Waals surface area contributed by atoms with E-state index in [9.17, 15) is 0 Å². The summed E-state index contributed by atoms with van der Waals surface area (Å²) >= 11 is 6.45. The van der Waals surface area contributed by atoms with Crippen LogP contribution in [-0.4, -0.2) is 0 Å². The van der Waals surface area contributed by atoms with Gasteiger partial charge < -0.3 is 0 Å². The smallest absolute Gasteiger partial charge is 0.0725 e. The van der Waals surface area contributed by atoms with Crippen LogP contribution in [0.3, 0.4) is 0 Å². The molecule has 0 aromatic heterocycles. The van der Waals surface area contributed by atoms with Crippen LogP contribution in [0.5, 0.6) is 0 Å². The van der Waals surface area contributed by atoms with Crippen molar-refractivity contribution >= 4 is 11.6 Å². The lowest BCUT2D eigenvalue weighted by Crippen LogP contribution is -2.29. The molecule has 2 aliphatic rings. The number of hydrogen-bond donors (Lipinski definition) is 0. The van der Waals surface area contributed by atoms with Crippen LogP contribution in [0, 0.1) is 0 Å². The Bertz CT molecular complexity index is 1850. The van der Waals surface area contributed by atoms with Crippen LogP contribution >= 0.6 is 11.6 Å². The molecule has 6 aromatic rings. The summed E-state index contributed by atoms with van der Waals surface area (Å²) in [4.78, 5) is 0. The Labute approximate surface area is 227 Å². The third-order valence-corrected chi connectivity index (χ3v) is 8.61. The zero-order valence-corrected chi connectivity index (χ0v) is 21.4. The van der Waals surface area contributed by atoms with E-state index in [2.05, 4.69) is 127 Å². The van der Waals surface area contributed by atoms with Gasteiger partial charge in [-0.3, -0.25) is 0 Å². The van der Waals surface area contributed by atoms with Crippen molar-refractivity contribution in [2.75, 3.05) is 0 Å². The zero-order valence-electron chi connectivity index (χ0n) is 20.7. The van der Waals surface area contributed by atoms with E-state index in [4.69, 9.17) is 11.6 Å². The van der Waals surface area contributed by atoms with E-state index < -0.39 is 5.41 Å². The largest absolute Gasteiger partial charge is 0.0843 e. The van der Waals surface area contributed by atoms with Crippen LogP contribution in [-0.2, 0) is 5.41 Å². The van der Waals surface area contributed by atoms with Gasteiger partial charge in [-0.1, -0.05) is 133 Å². The fourth-order valence-electron chi connectivity index (χ4n) is 6.90. The summed E-state index contributed by atoms with van der Waals surface area (Å²) in [5.41, 5.74) is 14.9. The summed E-state index contributed by atoms with van der Waals surface area (Å²) in [7, 11) is 0. The van der Waals surface area contributed by atoms with E-state index in [0.717, 1.165) is 10.6 Å². The van der Waals surface area contributed by atoms with Crippen molar-refractivity contribution in [2.45, 2.75) is 5.41 Å². The highest BCUT2D eigenvalue weighted by Gasteiger charge is 2.49. The molecular formula is C37H23Cl. The van der Waals surface area contributed by atoms with E-state index in [1.54, 1.807) is 0 Å². The summed E-state index contributed by atoms with van der Waals surface area (Å²) in [6.45, 7) is 0. The third kappa shape index (κ3) is 2.81. The molecule has 0 fully saturated rings. The first-order chi connectivity index (χ1) is 18.8. The molecule has 2 aliphatic carbocycles. The Morgan fingerprint density at radius 2 is 0.789 bits per heavy atom. The summed E-state index contributed by atoms with van der Waals surface area (Å²) in [6, 6.07) is 50.9. The van der Waals surface area contributed by atoms with Gasteiger partial charge in [-0.15, -0.1) is 0 Å². The number of hydrogen-bond acceptors (Lipinski definition) is 0. The SMILES string of the molecule is Clc1cccc(-c2ccc3c(c2)C2(c4ccccc4-c4ccccc4-3)c3ccccc3-c3ccccc32)c1. The van der Waals surface area contributed by atoms with Crippen molar-refractivity contribution < 1.29 is 0 Å². The van der Waals surface area contributed by atoms with Crippen molar-refractivity contribution in [1.82, 2.24) is 0 Å². The quantitative estimate of drug-likeness (QED) is 0.209. The molecule has 0 aliphatic heterocycles. The summed E-state index contributed by atoms with van der Waals surface area (Å²) in [6.07, 6.45) is 0. The fraction of sp³-hybridized carbons (Fsp3) is 0.0270. The zero-order chi connectivity index (χ0) is 25.3. The number of benzene rings is 6. The maximum Gasteiger partial charge on any atom is 0.0725 e. The second kappa shape index (κ2) is 8.05. The standard InChI is InChI=1S/C37H23Cl/c38-26-11-9-10-24(22-26)25-20-21-32-28-13-2-1-12-27(28)29-14-3-6-17-33(29)37(36(32)23-25)34-18-7-4-15-30(34)31-16-5-8-19-35(31)37/h1-23H. The van der Waals surface area contributed by atoms with E-state index in [1.807, 2.05) is 12.1 Å². The molecule has 0 atom stereocenters. The first kappa shape index (κ1) is 21.7. The van der Waals surface area contributed by atoms with E-state index in [1.165, 1.54) is 61.2 Å². The van der Waals surface area contributed by atoms with Crippen LogP contribution in [0.1, 0.15) is 22.3 Å². The molecule has 1 heteroatoms. The summed E-state index contributed by atoms with van der Waals surface area (Å²) < 4.78 is 0. The molecule has 0 saturated carbocycles. The predicted molar refractivity (Wildman–Crippen MR) is 159 cm³/mol. The number of fused-ring (bicyclic) bond motifs is 12. The Hall–Kier alpha value is -4.39. The lowest BCUT2D eigenvalue weighted by molar-refractivity contribution is 0.776.